The maximum atomic E-state index is 15.6. The molecule has 0 unspecified atom stereocenters. The van der Waals surface area contributed by atoms with Crippen molar-refractivity contribution >= 4 is 15.9 Å². The molecule has 1 aliphatic heterocycles. The van der Waals surface area contributed by atoms with Gasteiger partial charge in [-0.15, -0.1) is 0 Å². The molecule has 0 radical (unpaired) electrons. The SMILES string of the molecule is O=C([C@H](O)C1CC1)N1CC2(CC2)[C@H](NS(=O)(=O)CF)[C@@H]1Cc1cccc(-c2ccccc2)c1F. The number of likely N-dealkylation sites (tertiary alicyclic amines) is 1. The Bertz CT molecular complexity index is 1180. The van der Waals surface area contributed by atoms with Crippen LogP contribution in [0.2, 0.25) is 0 Å². The zero-order valence-electron chi connectivity index (χ0n) is 18.7. The van der Waals surface area contributed by atoms with E-state index in [1.54, 1.807) is 30.3 Å². The molecule has 1 saturated heterocycles. The number of amides is 1. The van der Waals surface area contributed by atoms with Crippen LogP contribution in [0.1, 0.15) is 31.2 Å². The van der Waals surface area contributed by atoms with Gasteiger partial charge in [-0.2, -0.15) is 0 Å². The number of rotatable bonds is 8. The van der Waals surface area contributed by atoms with Gasteiger partial charge >= 0.3 is 0 Å². The van der Waals surface area contributed by atoms with Crippen molar-refractivity contribution in [2.75, 3.05) is 12.6 Å². The van der Waals surface area contributed by atoms with E-state index in [1.807, 2.05) is 18.2 Å². The van der Waals surface area contributed by atoms with E-state index in [-0.39, 0.29) is 18.9 Å². The second kappa shape index (κ2) is 8.70. The maximum absolute atomic E-state index is 15.6. The predicted octanol–water partition coefficient (Wildman–Crippen LogP) is 3.01. The molecule has 2 aromatic carbocycles. The summed E-state index contributed by atoms with van der Waals surface area (Å²) in [4.78, 5) is 14.7. The number of carbonyl (C=O) groups excluding carboxylic acids is 1. The Hall–Kier alpha value is -2.36. The molecule has 182 valence electrons. The molecule has 3 atom stereocenters. The van der Waals surface area contributed by atoms with Gasteiger partial charge in [-0.25, -0.2) is 21.9 Å². The zero-order chi connectivity index (χ0) is 24.1. The van der Waals surface area contributed by atoms with Gasteiger partial charge in [0.15, 0.2) is 0 Å². The fourth-order valence-corrected chi connectivity index (χ4v) is 6.11. The summed E-state index contributed by atoms with van der Waals surface area (Å²) in [6.07, 6.45) is 1.79. The second-order valence-electron chi connectivity index (χ2n) is 9.85. The average molecular weight is 491 g/mol. The second-order valence-corrected chi connectivity index (χ2v) is 11.5. The molecule has 1 heterocycles. The molecule has 5 rings (SSSR count). The van der Waals surface area contributed by atoms with E-state index in [0.29, 0.717) is 29.5 Å². The zero-order valence-corrected chi connectivity index (χ0v) is 19.5. The van der Waals surface area contributed by atoms with Crippen LogP contribution in [0.5, 0.6) is 0 Å². The Labute approximate surface area is 198 Å². The van der Waals surface area contributed by atoms with Gasteiger partial charge in [-0.05, 0) is 49.1 Å². The lowest BCUT2D eigenvalue weighted by Gasteiger charge is -2.30. The molecule has 2 saturated carbocycles. The molecule has 34 heavy (non-hydrogen) atoms. The van der Waals surface area contributed by atoms with Gasteiger partial charge < -0.3 is 10.0 Å². The number of halogens is 2. The van der Waals surface area contributed by atoms with E-state index in [2.05, 4.69) is 4.72 Å². The molecule has 9 heteroatoms. The van der Waals surface area contributed by atoms with Gasteiger partial charge in [-0.1, -0.05) is 48.5 Å². The van der Waals surface area contributed by atoms with Crippen LogP contribution in [0.4, 0.5) is 8.78 Å². The Morgan fingerprint density at radius 2 is 1.85 bits per heavy atom. The number of hydrogen-bond acceptors (Lipinski definition) is 4. The molecule has 0 aromatic heterocycles. The number of aliphatic hydroxyl groups excluding tert-OH is 1. The highest BCUT2D eigenvalue weighted by atomic mass is 32.2. The Balaban J connectivity index is 1.51. The van der Waals surface area contributed by atoms with E-state index in [4.69, 9.17) is 0 Å². The Kier molecular flexibility index (Phi) is 5.98. The normalized spacial score (nSPS) is 24.4. The van der Waals surface area contributed by atoms with Crippen LogP contribution in [0.15, 0.2) is 48.5 Å². The third-order valence-corrected chi connectivity index (χ3v) is 8.37. The lowest BCUT2D eigenvalue weighted by molar-refractivity contribution is -0.142. The Morgan fingerprint density at radius 3 is 2.47 bits per heavy atom. The standard InChI is InChI=1S/C25H28F2N2O4S/c26-15-34(32,33)28-23-20(29(14-25(23)11-12-25)24(31)22(30)17-9-10-17)13-18-7-4-8-19(21(18)27)16-5-2-1-3-6-16/h1-8,17,20,22-23,28,30H,9-15H2/t20-,22+,23+/m0/s1. The van der Waals surface area contributed by atoms with E-state index >= 15 is 4.39 Å². The van der Waals surface area contributed by atoms with E-state index in [1.165, 1.54) is 4.90 Å². The number of benzene rings is 2. The average Bonchev–Trinajstić information content (AvgIpc) is 3.76. The fraction of sp³-hybridized carbons (Fsp3) is 0.480. The van der Waals surface area contributed by atoms with Crippen molar-refractivity contribution in [3.63, 3.8) is 0 Å². The minimum Gasteiger partial charge on any atom is -0.383 e. The van der Waals surface area contributed by atoms with Crippen LogP contribution in [0.3, 0.4) is 0 Å². The summed E-state index contributed by atoms with van der Waals surface area (Å²) in [5.41, 5.74) is 0.944. The van der Waals surface area contributed by atoms with Gasteiger partial charge in [0.25, 0.3) is 5.91 Å². The van der Waals surface area contributed by atoms with Crippen LogP contribution < -0.4 is 4.72 Å². The molecular formula is C25H28F2N2O4S. The quantitative estimate of drug-likeness (QED) is 0.596. The number of nitrogens with one attached hydrogen (secondary N) is 1. The first-order valence-electron chi connectivity index (χ1n) is 11.6. The van der Waals surface area contributed by atoms with Crippen molar-refractivity contribution in [2.45, 2.75) is 50.3 Å². The van der Waals surface area contributed by atoms with Crippen LogP contribution in [0, 0.1) is 17.2 Å². The van der Waals surface area contributed by atoms with Crippen LogP contribution >= 0.6 is 0 Å². The van der Waals surface area contributed by atoms with E-state index in [0.717, 1.165) is 12.8 Å². The molecule has 6 nitrogen and oxygen atoms in total. The van der Waals surface area contributed by atoms with Crippen LogP contribution in [-0.2, 0) is 21.2 Å². The molecule has 1 spiro atoms. The number of nitrogens with zero attached hydrogens (tertiary/aromatic N) is 1. The summed E-state index contributed by atoms with van der Waals surface area (Å²) in [5.74, 6) is -0.990. The fourth-order valence-electron chi connectivity index (χ4n) is 5.26. The summed E-state index contributed by atoms with van der Waals surface area (Å²) < 4.78 is 55.7. The minimum absolute atomic E-state index is 0.0524. The topological polar surface area (TPSA) is 86.7 Å². The Morgan fingerprint density at radius 1 is 1.15 bits per heavy atom. The van der Waals surface area contributed by atoms with Crippen molar-refractivity contribution in [3.8, 4) is 11.1 Å². The van der Waals surface area contributed by atoms with E-state index in [9.17, 15) is 22.7 Å². The summed E-state index contributed by atoms with van der Waals surface area (Å²) in [7, 11) is -4.20. The maximum Gasteiger partial charge on any atom is 0.252 e. The number of aliphatic hydroxyl groups is 1. The third-order valence-electron chi connectivity index (χ3n) is 7.47. The molecule has 3 aliphatic rings. The van der Waals surface area contributed by atoms with Crippen molar-refractivity contribution in [3.05, 3.63) is 59.9 Å². The number of alkyl halides is 1. The largest absolute Gasteiger partial charge is 0.383 e. The summed E-state index contributed by atoms with van der Waals surface area (Å²) in [5, 5.41) is 10.5. The van der Waals surface area contributed by atoms with Crippen molar-refractivity contribution < 1.29 is 27.1 Å². The van der Waals surface area contributed by atoms with Crippen LogP contribution in [0.25, 0.3) is 11.1 Å². The summed E-state index contributed by atoms with van der Waals surface area (Å²) >= 11 is 0. The van der Waals surface area contributed by atoms with Crippen molar-refractivity contribution in [1.82, 2.24) is 9.62 Å². The number of hydrogen-bond donors (Lipinski definition) is 2. The molecule has 2 aromatic rings. The molecule has 0 bridgehead atoms. The first kappa shape index (κ1) is 23.4. The van der Waals surface area contributed by atoms with Gasteiger partial charge in [-0.3, -0.25) is 4.79 Å². The van der Waals surface area contributed by atoms with Gasteiger partial charge in [0.2, 0.25) is 16.0 Å². The highest BCUT2D eigenvalue weighted by molar-refractivity contribution is 7.89. The smallest absolute Gasteiger partial charge is 0.252 e. The lowest BCUT2D eigenvalue weighted by Crippen LogP contribution is -2.51. The molecular weight excluding hydrogens is 462 g/mol. The van der Waals surface area contributed by atoms with Gasteiger partial charge in [0, 0.05) is 23.6 Å². The highest BCUT2D eigenvalue weighted by Gasteiger charge is 2.62. The van der Waals surface area contributed by atoms with Crippen molar-refractivity contribution in [1.29, 1.82) is 0 Å². The van der Waals surface area contributed by atoms with E-state index < -0.39 is 51.4 Å². The first-order chi connectivity index (χ1) is 16.2. The molecule has 2 N–H and O–H groups in total. The first-order valence-corrected chi connectivity index (χ1v) is 13.3. The minimum atomic E-state index is -4.20. The summed E-state index contributed by atoms with van der Waals surface area (Å²) in [6.45, 7) is 0.264. The van der Waals surface area contributed by atoms with Crippen molar-refractivity contribution in [2.24, 2.45) is 11.3 Å². The monoisotopic (exact) mass is 490 g/mol. The molecule has 2 aliphatic carbocycles. The number of carbonyl (C=O) groups is 1. The summed E-state index contributed by atoms with van der Waals surface area (Å²) in [6, 6.07) is 11.1. The van der Waals surface area contributed by atoms with Gasteiger partial charge in [0.1, 0.15) is 11.9 Å². The molecule has 3 fully saturated rings. The predicted molar refractivity (Wildman–Crippen MR) is 123 cm³/mol. The highest BCUT2D eigenvalue weighted by Crippen LogP contribution is 2.56. The lowest BCUT2D eigenvalue weighted by atomic mass is 9.91. The third kappa shape index (κ3) is 4.36. The number of sulfonamides is 1. The van der Waals surface area contributed by atoms with Gasteiger partial charge in [0.05, 0.1) is 6.04 Å². The van der Waals surface area contributed by atoms with Crippen LogP contribution in [-0.4, -0.2) is 55.1 Å². The molecule has 1 amide bonds.